The zero-order chi connectivity index (χ0) is 16.8. The number of aliphatic hydroxyl groups is 1. The zero-order valence-electron chi connectivity index (χ0n) is 13.1. The largest absolute Gasteiger partial charge is 0.387 e. The molecule has 1 unspecified atom stereocenters. The fourth-order valence-electron chi connectivity index (χ4n) is 2.44. The van der Waals surface area contributed by atoms with Gasteiger partial charge in [0.05, 0.1) is 6.10 Å². The van der Waals surface area contributed by atoms with E-state index in [4.69, 9.17) is 0 Å². The smallest absolute Gasteiger partial charge is 0.220 e. The number of fused-ring (bicyclic) bond motifs is 1. The Morgan fingerprint density at radius 1 is 1.12 bits per heavy atom. The van der Waals surface area contributed by atoms with Gasteiger partial charge < -0.3 is 10.4 Å². The molecule has 0 fully saturated rings. The summed E-state index contributed by atoms with van der Waals surface area (Å²) in [5.74, 6) is 0.699. The molecule has 0 aliphatic heterocycles. The Kier molecular flexibility index (Phi) is 5.91. The van der Waals surface area contributed by atoms with Crippen molar-refractivity contribution >= 4 is 39.1 Å². The van der Waals surface area contributed by atoms with Crippen LogP contribution >= 0.6 is 23.1 Å². The van der Waals surface area contributed by atoms with E-state index in [9.17, 15) is 9.90 Å². The monoisotopic (exact) mass is 357 g/mol. The van der Waals surface area contributed by atoms with Crippen molar-refractivity contribution in [1.82, 2.24) is 5.32 Å². The van der Waals surface area contributed by atoms with E-state index >= 15 is 0 Å². The summed E-state index contributed by atoms with van der Waals surface area (Å²) in [6, 6.07) is 18.0. The highest BCUT2D eigenvalue weighted by molar-refractivity contribution is 7.99. The summed E-state index contributed by atoms with van der Waals surface area (Å²) in [5.41, 5.74) is 0.884. The normalized spacial score (nSPS) is 12.2. The number of thiophene rings is 1. The number of carbonyl (C=O) groups excluding carboxylic acids is 1. The van der Waals surface area contributed by atoms with Crippen LogP contribution in [0, 0.1) is 0 Å². The lowest BCUT2D eigenvalue weighted by molar-refractivity contribution is -0.121. The number of hydrogen-bond donors (Lipinski definition) is 2. The molecule has 0 spiro atoms. The van der Waals surface area contributed by atoms with Crippen molar-refractivity contribution in [3.63, 3.8) is 0 Å². The number of aliphatic hydroxyl groups excluding tert-OH is 1. The molecule has 3 rings (SSSR count). The van der Waals surface area contributed by atoms with Crippen LogP contribution in [0.25, 0.3) is 10.1 Å². The van der Waals surface area contributed by atoms with Crippen LogP contribution in [-0.2, 0) is 4.79 Å². The average molecular weight is 358 g/mol. The third-order valence-corrected chi connectivity index (χ3v) is 5.70. The van der Waals surface area contributed by atoms with Gasteiger partial charge in [-0.3, -0.25) is 4.79 Å². The van der Waals surface area contributed by atoms with Crippen LogP contribution in [0.5, 0.6) is 0 Å². The Labute approximate surface area is 149 Å². The molecule has 2 aromatic carbocycles. The maximum Gasteiger partial charge on any atom is 0.220 e. The Balaban J connectivity index is 1.45. The van der Waals surface area contributed by atoms with Gasteiger partial charge in [-0.1, -0.05) is 36.4 Å². The van der Waals surface area contributed by atoms with Gasteiger partial charge in [0.1, 0.15) is 0 Å². The first kappa shape index (κ1) is 17.0. The summed E-state index contributed by atoms with van der Waals surface area (Å²) in [6.07, 6.45) is -0.233. The molecule has 2 N–H and O–H groups in total. The molecule has 0 saturated carbocycles. The standard InChI is InChI=1S/C19H19NO2S2/c21-17(16-13-24-18-9-5-4-8-15(16)18)12-20-19(22)10-11-23-14-6-2-1-3-7-14/h1-9,13,17,21H,10-12H2,(H,20,22). The number of amides is 1. The lowest BCUT2D eigenvalue weighted by Crippen LogP contribution is -2.28. The molecule has 1 atom stereocenters. The summed E-state index contributed by atoms with van der Waals surface area (Å²) in [6.45, 7) is 0.246. The van der Waals surface area contributed by atoms with Gasteiger partial charge in [0.2, 0.25) is 5.91 Å². The summed E-state index contributed by atoms with van der Waals surface area (Å²) in [7, 11) is 0. The van der Waals surface area contributed by atoms with Crippen molar-refractivity contribution < 1.29 is 9.90 Å². The van der Waals surface area contributed by atoms with Crippen molar-refractivity contribution in [1.29, 1.82) is 0 Å². The molecule has 1 amide bonds. The van der Waals surface area contributed by atoms with Crippen LogP contribution in [0.4, 0.5) is 0 Å². The molecule has 3 aromatic rings. The van der Waals surface area contributed by atoms with Gasteiger partial charge in [-0.2, -0.15) is 0 Å². The Morgan fingerprint density at radius 3 is 2.71 bits per heavy atom. The quantitative estimate of drug-likeness (QED) is 0.622. The van der Waals surface area contributed by atoms with Crippen LogP contribution in [-0.4, -0.2) is 23.3 Å². The van der Waals surface area contributed by atoms with E-state index < -0.39 is 6.10 Å². The van der Waals surface area contributed by atoms with Gasteiger partial charge >= 0.3 is 0 Å². The molecule has 1 aromatic heterocycles. The number of rotatable bonds is 7. The predicted octanol–water partition coefficient (Wildman–Crippen LogP) is 4.23. The maximum atomic E-state index is 11.9. The van der Waals surface area contributed by atoms with E-state index in [2.05, 4.69) is 5.32 Å². The van der Waals surface area contributed by atoms with Crippen LogP contribution in [0.2, 0.25) is 0 Å². The minimum absolute atomic E-state index is 0.0305. The molecule has 0 saturated heterocycles. The Morgan fingerprint density at radius 2 is 1.88 bits per heavy atom. The Bertz CT molecular complexity index is 801. The molecule has 0 radical (unpaired) electrons. The lowest BCUT2D eigenvalue weighted by atomic mass is 10.1. The molecule has 124 valence electrons. The molecule has 0 aliphatic carbocycles. The average Bonchev–Trinajstić information content (AvgIpc) is 3.05. The molecule has 24 heavy (non-hydrogen) atoms. The topological polar surface area (TPSA) is 49.3 Å². The summed E-state index contributed by atoms with van der Waals surface area (Å²) < 4.78 is 1.15. The van der Waals surface area contributed by atoms with Gasteiger partial charge in [0, 0.05) is 33.9 Å². The van der Waals surface area contributed by atoms with Crippen molar-refractivity contribution in [3.05, 3.63) is 65.5 Å². The molecular formula is C19H19NO2S2. The summed E-state index contributed by atoms with van der Waals surface area (Å²) in [4.78, 5) is 13.1. The third kappa shape index (κ3) is 4.38. The second-order valence-electron chi connectivity index (χ2n) is 5.42. The van der Waals surface area contributed by atoms with Crippen LogP contribution < -0.4 is 5.32 Å². The summed E-state index contributed by atoms with van der Waals surface area (Å²) in [5, 5.41) is 16.2. The van der Waals surface area contributed by atoms with Crippen molar-refractivity contribution in [2.45, 2.75) is 17.4 Å². The highest BCUT2D eigenvalue weighted by atomic mass is 32.2. The second-order valence-corrected chi connectivity index (χ2v) is 7.50. The summed E-state index contributed by atoms with van der Waals surface area (Å²) >= 11 is 3.27. The first-order valence-electron chi connectivity index (χ1n) is 7.83. The molecule has 0 aliphatic rings. The van der Waals surface area contributed by atoms with Gasteiger partial charge in [0.25, 0.3) is 0 Å². The first-order chi connectivity index (χ1) is 11.7. The van der Waals surface area contributed by atoms with E-state index in [1.807, 2.05) is 60.0 Å². The van der Waals surface area contributed by atoms with Crippen molar-refractivity contribution in [2.24, 2.45) is 0 Å². The van der Waals surface area contributed by atoms with Gasteiger partial charge in [-0.05, 0) is 29.0 Å². The number of carbonyl (C=O) groups is 1. The lowest BCUT2D eigenvalue weighted by Gasteiger charge is -2.11. The minimum Gasteiger partial charge on any atom is -0.387 e. The van der Waals surface area contributed by atoms with E-state index in [0.717, 1.165) is 26.3 Å². The number of thioether (sulfide) groups is 1. The van der Waals surface area contributed by atoms with Gasteiger partial charge in [0.15, 0.2) is 0 Å². The van der Waals surface area contributed by atoms with Crippen LogP contribution in [0.3, 0.4) is 0 Å². The predicted molar refractivity (Wildman–Crippen MR) is 102 cm³/mol. The zero-order valence-corrected chi connectivity index (χ0v) is 14.8. The van der Waals surface area contributed by atoms with E-state index in [1.54, 1.807) is 23.1 Å². The van der Waals surface area contributed by atoms with Crippen LogP contribution in [0.15, 0.2) is 64.9 Å². The third-order valence-electron chi connectivity index (χ3n) is 3.70. The molecule has 3 nitrogen and oxygen atoms in total. The number of nitrogens with one attached hydrogen (secondary N) is 1. The fraction of sp³-hybridized carbons (Fsp3) is 0.211. The molecular weight excluding hydrogens is 338 g/mol. The Hall–Kier alpha value is -1.82. The van der Waals surface area contributed by atoms with Crippen LogP contribution in [0.1, 0.15) is 18.1 Å². The van der Waals surface area contributed by atoms with Gasteiger partial charge in [-0.15, -0.1) is 23.1 Å². The highest BCUT2D eigenvalue weighted by Gasteiger charge is 2.14. The highest BCUT2D eigenvalue weighted by Crippen LogP contribution is 2.29. The first-order valence-corrected chi connectivity index (χ1v) is 9.69. The fourth-order valence-corrected chi connectivity index (χ4v) is 4.32. The minimum atomic E-state index is -0.674. The maximum absolute atomic E-state index is 11.9. The number of benzene rings is 2. The molecule has 0 bridgehead atoms. The second kappa shape index (κ2) is 8.33. The van der Waals surface area contributed by atoms with E-state index in [1.165, 1.54) is 0 Å². The van der Waals surface area contributed by atoms with Gasteiger partial charge in [-0.25, -0.2) is 0 Å². The molecule has 5 heteroatoms. The molecule has 1 heterocycles. The SMILES string of the molecule is O=C(CCSc1ccccc1)NCC(O)c1csc2ccccc12. The van der Waals surface area contributed by atoms with Crippen molar-refractivity contribution in [2.75, 3.05) is 12.3 Å². The van der Waals surface area contributed by atoms with E-state index in [0.29, 0.717) is 6.42 Å². The number of hydrogen-bond acceptors (Lipinski definition) is 4. The van der Waals surface area contributed by atoms with E-state index in [-0.39, 0.29) is 12.5 Å². The van der Waals surface area contributed by atoms with Crippen molar-refractivity contribution in [3.8, 4) is 0 Å².